The highest BCUT2D eigenvalue weighted by molar-refractivity contribution is 6.01. The maximum absolute atomic E-state index is 14.3. The van der Waals surface area contributed by atoms with Crippen molar-refractivity contribution in [2.45, 2.75) is 12.1 Å². The van der Waals surface area contributed by atoms with Gasteiger partial charge >= 0.3 is 0 Å². The fourth-order valence-electron chi connectivity index (χ4n) is 3.74. The number of hydrogen-bond donors (Lipinski definition) is 2. The van der Waals surface area contributed by atoms with Gasteiger partial charge in [0, 0.05) is 17.8 Å². The average Bonchev–Trinajstić information content (AvgIpc) is 3.16. The number of hydrogen-bond acceptors (Lipinski definition) is 5. The second kappa shape index (κ2) is 8.02. The summed E-state index contributed by atoms with van der Waals surface area (Å²) in [7, 11) is 0. The van der Waals surface area contributed by atoms with Gasteiger partial charge in [-0.05, 0) is 23.8 Å². The minimum Gasteiger partial charge on any atom is -0.488 e. The topological polar surface area (TPSA) is 112 Å². The van der Waals surface area contributed by atoms with Crippen LogP contribution in [0.1, 0.15) is 33.6 Å². The lowest BCUT2D eigenvalue weighted by molar-refractivity contribution is -0.123. The Hall–Kier alpha value is -4.01. The molecule has 0 bridgehead atoms. The highest BCUT2D eigenvalue weighted by Gasteiger charge is 2.42. The van der Waals surface area contributed by atoms with Gasteiger partial charge in [0.2, 0.25) is 5.91 Å². The second-order valence-electron chi connectivity index (χ2n) is 7.00. The Labute approximate surface area is 176 Å². The zero-order valence-electron chi connectivity index (χ0n) is 16.2. The van der Waals surface area contributed by atoms with Gasteiger partial charge in [0.05, 0.1) is 11.6 Å². The van der Waals surface area contributed by atoms with Crippen LogP contribution in [0.5, 0.6) is 5.75 Å². The third-order valence-corrected chi connectivity index (χ3v) is 5.08. The van der Waals surface area contributed by atoms with Crippen LogP contribution >= 0.6 is 0 Å². The molecule has 0 aliphatic carbocycles. The minimum atomic E-state index is -1.25. The summed E-state index contributed by atoms with van der Waals surface area (Å²) in [4.78, 5) is 31.2. The van der Waals surface area contributed by atoms with Gasteiger partial charge in [0.25, 0.3) is 5.91 Å². The molecule has 7 nitrogen and oxygen atoms in total. The number of benzene rings is 2. The molecule has 0 fully saturated rings. The first kappa shape index (κ1) is 20.3. The lowest BCUT2D eigenvalue weighted by Crippen LogP contribution is -2.44. The number of carbonyl (C=O) groups is 2. The number of ether oxygens (including phenoxy) is 1. The maximum Gasteiger partial charge on any atom is 0.259 e. The summed E-state index contributed by atoms with van der Waals surface area (Å²) in [5, 5.41) is 0. The molecule has 1 aliphatic rings. The monoisotopic (exact) mass is 424 g/mol. The lowest BCUT2D eigenvalue weighted by atomic mass is 9.98. The Morgan fingerprint density at radius 2 is 1.87 bits per heavy atom. The SMILES string of the molecule is NC(=O)[C@@H](c1ccccc1)N(C(=O)c1cccnc1N)[C@@H]1COc2c(F)cc(F)cc21. The van der Waals surface area contributed by atoms with Crippen LogP contribution in [0.25, 0.3) is 0 Å². The molecule has 9 heteroatoms. The van der Waals surface area contributed by atoms with Crippen LogP contribution in [0.15, 0.2) is 60.8 Å². The van der Waals surface area contributed by atoms with Gasteiger partial charge in [0.15, 0.2) is 11.6 Å². The number of primary amides is 1. The molecule has 158 valence electrons. The van der Waals surface area contributed by atoms with Crippen molar-refractivity contribution in [3.63, 3.8) is 0 Å². The number of nitrogen functional groups attached to an aromatic ring is 1. The number of nitrogens with zero attached hydrogens (tertiary/aromatic N) is 2. The zero-order valence-corrected chi connectivity index (χ0v) is 16.2. The number of amides is 2. The van der Waals surface area contributed by atoms with Gasteiger partial charge < -0.3 is 21.1 Å². The highest BCUT2D eigenvalue weighted by Crippen LogP contribution is 2.42. The molecule has 4 rings (SSSR count). The molecule has 0 unspecified atom stereocenters. The Morgan fingerprint density at radius 3 is 2.55 bits per heavy atom. The molecule has 3 aromatic rings. The first-order valence-corrected chi connectivity index (χ1v) is 9.37. The summed E-state index contributed by atoms with van der Waals surface area (Å²) in [5.41, 5.74) is 12.1. The molecule has 31 heavy (non-hydrogen) atoms. The van der Waals surface area contributed by atoms with Gasteiger partial charge in [-0.2, -0.15) is 0 Å². The second-order valence-corrected chi connectivity index (χ2v) is 7.00. The quantitative estimate of drug-likeness (QED) is 0.654. The van der Waals surface area contributed by atoms with Crippen molar-refractivity contribution >= 4 is 17.6 Å². The standard InChI is InChI=1S/C22H18F2N4O3/c23-13-9-15-17(11-31-19(15)16(24)10-13)28(22(30)14-7-4-8-27-20(14)25)18(21(26)29)12-5-2-1-3-6-12/h1-10,17-18H,11H2,(H2,25,27)(H2,26,29)/t17-,18-/m1/s1. The average molecular weight is 424 g/mol. The summed E-state index contributed by atoms with van der Waals surface area (Å²) in [5.74, 6) is -3.48. The van der Waals surface area contributed by atoms with Crippen LogP contribution in [0.4, 0.5) is 14.6 Å². The number of rotatable bonds is 5. The van der Waals surface area contributed by atoms with E-state index in [2.05, 4.69) is 4.98 Å². The van der Waals surface area contributed by atoms with Crippen molar-refractivity contribution in [2.24, 2.45) is 5.73 Å². The first-order chi connectivity index (χ1) is 14.9. The van der Waals surface area contributed by atoms with Crippen LogP contribution in [0.2, 0.25) is 0 Å². The summed E-state index contributed by atoms with van der Waals surface area (Å²) in [6.07, 6.45) is 1.41. The number of anilines is 1. The van der Waals surface area contributed by atoms with Crippen LogP contribution in [-0.2, 0) is 4.79 Å². The molecule has 2 amide bonds. The molecule has 1 aliphatic heterocycles. The minimum absolute atomic E-state index is 0.0232. The van der Waals surface area contributed by atoms with E-state index in [0.29, 0.717) is 11.6 Å². The smallest absolute Gasteiger partial charge is 0.259 e. The Morgan fingerprint density at radius 1 is 1.13 bits per heavy atom. The molecular weight excluding hydrogens is 406 g/mol. The fraction of sp³-hybridized carbons (Fsp3) is 0.136. The van der Waals surface area contributed by atoms with Gasteiger partial charge in [-0.25, -0.2) is 13.8 Å². The van der Waals surface area contributed by atoms with E-state index in [1.807, 2.05) is 0 Å². The van der Waals surface area contributed by atoms with Crippen molar-refractivity contribution in [1.82, 2.24) is 9.88 Å². The van der Waals surface area contributed by atoms with Crippen LogP contribution < -0.4 is 16.2 Å². The van der Waals surface area contributed by atoms with Gasteiger partial charge in [-0.15, -0.1) is 0 Å². The predicted octanol–water partition coefficient (Wildman–Crippen LogP) is 2.74. The Balaban J connectivity index is 1.90. The summed E-state index contributed by atoms with van der Waals surface area (Å²) < 4.78 is 33.7. The van der Waals surface area contributed by atoms with Crippen molar-refractivity contribution < 1.29 is 23.1 Å². The van der Waals surface area contributed by atoms with Crippen molar-refractivity contribution in [3.8, 4) is 5.75 Å². The van der Waals surface area contributed by atoms with E-state index in [9.17, 15) is 18.4 Å². The lowest BCUT2D eigenvalue weighted by Gasteiger charge is -2.34. The Bertz CT molecular complexity index is 1160. The van der Waals surface area contributed by atoms with E-state index in [1.165, 1.54) is 18.3 Å². The molecule has 2 heterocycles. The number of nitrogens with two attached hydrogens (primary N) is 2. The molecule has 2 atom stereocenters. The van der Waals surface area contributed by atoms with Gasteiger partial charge in [-0.1, -0.05) is 30.3 Å². The molecule has 0 spiro atoms. The van der Waals surface area contributed by atoms with E-state index < -0.39 is 35.5 Å². The van der Waals surface area contributed by atoms with Gasteiger partial charge in [0.1, 0.15) is 24.3 Å². The van der Waals surface area contributed by atoms with Crippen LogP contribution in [0, 0.1) is 11.6 Å². The summed E-state index contributed by atoms with van der Waals surface area (Å²) in [6, 6.07) is 10.9. The van der Waals surface area contributed by atoms with Crippen molar-refractivity contribution in [3.05, 3.63) is 89.1 Å². The molecule has 2 aromatic carbocycles. The summed E-state index contributed by atoms with van der Waals surface area (Å²) >= 11 is 0. The molecule has 4 N–H and O–H groups in total. The van der Waals surface area contributed by atoms with Crippen molar-refractivity contribution in [2.75, 3.05) is 12.3 Å². The Kier molecular flexibility index (Phi) is 5.24. The van der Waals surface area contributed by atoms with E-state index in [1.54, 1.807) is 30.3 Å². The normalized spacial score (nSPS) is 15.6. The van der Waals surface area contributed by atoms with Crippen LogP contribution in [-0.4, -0.2) is 28.3 Å². The third-order valence-electron chi connectivity index (χ3n) is 5.08. The first-order valence-electron chi connectivity index (χ1n) is 9.37. The summed E-state index contributed by atoms with van der Waals surface area (Å²) in [6.45, 7) is -0.196. The fourth-order valence-corrected chi connectivity index (χ4v) is 3.74. The largest absolute Gasteiger partial charge is 0.488 e. The number of pyridine rings is 1. The number of aromatic nitrogens is 1. The molecule has 0 saturated carbocycles. The number of fused-ring (bicyclic) bond motifs is 1. The third kappa shape index (κ3) is 3.65. The van der Waals surface area contributed by atoms with E-state index in [0.717, 1.165) is 11.0 Å². The van der Waals surface area contributed by atoms with Gasteiger partial charge in [-0.3, -0.25) is 9.59 Å². The van der Waals surface area contributed by atoms with E-state index in [-0.39, 0.29) is 29.3 Å². The molecular formula is C22H18F2N4O3. The van der Waals surface area contributed by atoms with E-state index >= 15 is 0 Å². The molecule has 1 aromatic heterocycles. The van der Waals surface area contributed by atoms with Crippen molar-refractivity contribution in [1.29, 1.82) is 0 Å². The van der Waals surface area contributed by atoms with Crippen LogP contribution in [0.3, 0.4) is 0 Å². The number of carbonyl (C=O) groups excluding carboxylic acids is 2. The highest BCUT2D eigenvalue weighted by atomic mass is 19.1. The zero-order chi connectivity index (χ0) is 22.1. The number of halogens is 2. The molecule has 0 radical (unpaired) electrons. The van der Waals surface area contributed by atoms with E-state index in [4.69, 9.17) is 16.2 Å². The predicted molar refractivity (Wildman–Crippen MR) is 108 cm³/mol. The molecule has 0 saturated heterocycles. The maximum atomic E-state index is 14.3.